The van der Waals surface area contributed by atoms with Gasteiger partial charge in [-0.2, -0.15) is 0 Å². The maximum Gasteiger partial charge on any atom is 0.224 e. The van der Waals surface area contributed by atoms with Gasteiger partial charge in [0.2, 0.25) is 5.91 Å². The molecule has 0 fully saturated rings. The molecular weight excluding hydrogens is 332 g/mol. The molecule has 1 rings (SSSR count). The number of aryl methyl sites for hydroxylation is 2. The van der Waals surface area contributed by atoms with Gasteiger partial charge in [0.1, 0.15) is 5.78 Å². The number of anilines is 1. The molecule has 0 saturated heterocycles. The lowest BCUT2D eigenvalue weighted by Crippen LogP contribution is -2.33. The maximum atomic E-state index is 12.1. The van der Waals surface area contributed by atoms with Crippen molar-refractivity contribution in [2.75, 3.05) is 12.4 Å². The van der Waals surface area contributed by atoms with Crippen LogP contribution in [-0.2, 0) is 9.59 Å². The highest BCUT2D eigenvalue weighted by molar-refractivity contribution is 9.10. The molecule has 0 aliphatic carbocycles. The van der Waals surface area contributed by atoms with Gasteiger partial charge in [-0.25, -0.2) is 0 Å². The lowest BCUT2D eigenvalue weighted by atomic mass is 10.0. The average molecular weight is 355 g/mol. The van der Waals surface area contributed by atoms with E-state index >= 15 is 0 Å². The van der Waals surface area contributed by atoms with E-state index in [9.17, 15) is 9.59 Å². The minimum Gasteiger partial charge on any atom is -0.326 e. The molecule has 116 valence electrons. The fourth-order valence-electron chi connectivity index (χ4n) is 2.38. The number of rotatable bonds is 6. The predicted octanol–water partition coefficient (Wildman–Crippen LogP) is 3.27. The SMILES string of the molecule is CN[C@@H](CCC(=O)Nc1c(C)cc(C)c(Br)c1C)C(C)=O. The number of carbonyl (C=O) groups is 2. The van der Waals surface area contributed by atoms with Crippen molar-refractivity contribution in [1.82, 2.24) is 5.32 Å². The number of halogens is 1. The van der Waals surface area contributed by atoms with Gasteiger partial charge in [-0.15, -0.1) is 0 Å². The Morgan fingerprint density at radius 1 is 1.24 bits per heavy atom. The van der Waals surface area contributed by atoms with Crippen molar-refractivity contribution in [2.45, 2.75) is 46.6 Å². The van der Waals surface area contributed by atoms with E-state index in [1.807, 2.05) is 26.8 Å². The van der Waals surface area contributed by atoms with E-state index in [1.165, 1.54) is 6.92 Å². The van der Waals surface area contributed by atoms with Crippen LogP contribution >= 0.6 is 15.9 Å². The molecule has 0 saturated carbocycles. The van der Waals surface area contributed by atoms with Gasteiger partial charge in [0.25, 0.3) is 0 Å². The molecule has 0 bridgehead atoms. The summed E-state index contributed by atoms with van der Waals surface area (Å²) in [4.78, 5) is 23.4. The topological polar surface area (TPSA) is 58.2 Å². The van der Waals surface area contributed by atoms with E-state index in [0.29, 0.717) is 12.8 Å². The van der Waals surface area contributed by atoms with Crippen LogP contribution in [0.3, 0.4) is 0 Å². The van der Waals surface area contributed by atoms with Crippen LogP contribution in [0.1, 0.15) is 36.5 Å². The van der Waals surface area contributed by atoms with Crippen LogP contribution in [0, 0.1) is 20.8 Å². The van der Waals surface area contributed by atoms with Gasteiger partial charge in [0, 0.05) is 16.6 Å². The van der Waals surface area contributed by atoms with Gasteiger partial charge >= 0.3 is 0 Å². The molecule has 5 heteroatoms. The number of hydrogen-bond acceptors (Lipinski definition) is 3. The Labute approximate surface area is 134 Å². The van der Waals surface area contributed by atoms with Crippen LogP contribution in [0.15, 0.2) is 10.5 Å². The zero-order valence-electron chi connectivity index (χ0n) is 13.3. The summed E-state index contributed by atoms with van der Waals surface area (Å²) in [5.74, 6) is -0.0193. The molecule has 1 aromatic rings. The van der Waals surface area contributed by atoms with Crippen molar-refractivity contribution in [2.24, 2.45) is 0 Å². The van der Waals surface area contributed by atoms with Gasteiger partial charge in [0.15, 0.2) is 0 Å². The zero-order valence-corrected chi connectivity index (χ0v) is 14.8. The summed E-state index contributed by atoms with van der Waals surface area (Å²) in [5.41, 5.74) is 4.06. The standard InChI is InChI=1S/C16H23BrN2O2/c1-9-8-10(2)16(11(3)15(9)17)19-14(21)7-6-13(18-5)12(4)20/h8,13,18H,6-7H2,1-5H3,(H,19,21)/t13-/m0/s1. The highest BCUT2D eigenvalue weighted by Gasteiger charge is 2.15. The van der Waals surface area contributed by atoms with Crippen LogP contribution in [-0.4, -0.2) is 24.8 Å². The molecule has 0 spiro atoms. The third-order valence-corrected chi connectivity index (χ3v) is 4.86. The normalized spacial score (nSPS) is 12.1. The quantitative estimate of drug-likeness (QED) is 0.824. The molecule has 4 nitrogen and oxygen atoms in total. The number of benzene rings is 1. The molecule has 1 amide bonds. The Morgan fingerprint density at radius 3 is 2.38 bits per heavy atom. The molecule has 0 unspecified atom stereocenters. The summed E-state index contributed by atoms with van der Waals surface area (Å²) >= 11 is 3.54. The molecule has 0 aromatic heterocycles. The maximum absolute atomic E-state index is 12.1. The second kappa shape index (κ2) is 7.71. The first kappa shape index (κ1) is 17.9. The molecule has 21 heavy (non-hydrogen) atoms. The van der Waals surface area contributed by atoms with Crippen molar-refractivity contribution in [3.63, 3.8) is 0 Å². The first-order valence-electron chi connectivity index (χ1n) is 7.01. The number of carbonyl (C=O) groups excluding carboxylic acids is 2. The second-order valence-corrected chi connectivity index (χ2v) is 6.16. The Kier molecular flexibility index (Phi) is 6.55. The van der Waals surface area contributed by atoms with Crippen molar-refractivity contribution >= 4 is 33.3 Å². The third-order valence-electron chi connectivity index (χ3n) is 3.64. The molecule has 1 atom stereocenters. The number of likely N-dealkylation sites (N-methyl/N-ethyl adjacent to an activating group) is 1. The largest absolute Gasteiger partial charge is 0.326 e. The first-order chi connectivity index (χ1) is 9.77. The van der Waals surface area contributed by atoms with Crippen molar-refractivity contribution in [3.05, 3.63) is 27.2 Å². The minimum atomic E-state index is -0.261. The molecular formula is C16H23BrN2O2. The van der Waals surface area contributed by atoms with Gasteiger partial charge in [-0.3, -0.25) is 9.59 Å². The smallest absolute Gasteiger partial charge is 0.224 e. The predicted molar refractivity (Wildman–Crippen MR) is 89.7 cm³/mol. The number of Topliss-reactive ketones (excluding diaryl/α,β-unsaturated/α-hetero) is 1. The number of amides is 1. The fourth-order valence-corrected chi connectivity index (χ4v) is 2.69. The van der Waals surface area contributed by atoms with E-state index in [4.69, 9.17) is 0 Å². The van der Waals surface area contributed by atoms with Crippen LogP contribution < -0.4 is 10.6 Å². The number of ketones is 1. The summed E-state index contributed by atoms with van der Waals surface area (Å²) in [5, 5.41) is 5.88. The number of nitrogens with one attached hydrogen (secondary N) is 2. The van der Waals surface area contributed by atoms with Crippen LogP contribution in [0.2, 0.25) is 0 Å². The summed E-state index contributed by atoms with van der Waals surface area (Å²) in [7, 11) is 1.73. The lowest BCUT2D eigenvalue weighted by Gasteiger charge is -2.16. The molecule has 0 aliphatic rings. The monoisotopic (exact) mass is 354 g/mol. The molecule has 0 aliphatic heterocycles. The minimum absolute atomic E-state index is 0.0516. The summed E-state index contributed by atoms with van der Waals surface area (Å²) < 4.78 is 1.01. The Bertz CT molecular complexity index is 556. The van der Waals surface area contributed by atoms with Gasteiger partial charge in [-0.1, -0.05) is 22.0 Å². The van der Waals surface area contributed by atoms with Crippen molar-refractivity contribution < 1.29 is 9.59 Å². The summed E-state index contributed by atoms with van der Waals surface area (Å²) in [6, 6.07) is 1.78. The van der Waals surface area contributed by atoms with Crippen LogP contribution in [0.4, 0.5) is 5.69 Å². The molecule has 1 aromatic carbocycles. The fraction of sp³-hybridized carbons (Fsp3) is 0.500. The highest BCUT2D eigenvalue weighted by atomic mass is 79.9. The first-order valence-corrected chi connectivity index (χ1v) is 7.81. The van der Waals surface area contributed by atoms with Crippen LogP contribution in [0.5, 0.6) is 0 Å². The van der Waals surface area contributed by atoms with Gasteiger partial charge < -0.3 is 10.6 Å². The molecule has 0 heterocycles. The Balaban J connectivity index is 2.76. The van der Waals surface area contributed by atoms with Gasteiger partial charge in [-0.05, 0) is 57.9 Å². The summed E-state index contributed by atoms with van der Waals surface area (Å²) in [6.45, 7) is 7.52. The zero-order chi connectivity index (χ0) is 16.2. The van der Waals surface area contributed by atoms with E-state index in [1.54, 1.807) is 7.05 Å². The lowest BCUT2D eigenvalue weighted by molar-refractivity contribution is -0.119. The van der Waals surface area contributed by atoms with Gasteiger partial charge in [0.05, 0.1) is 6.04 Å². The Morgan fingerprint density at radius 2 is 1.86 bits per heavy atom. The third kappa shape index (κ3) is 4.64. The van der Waals surface area contributed by atoms with E-state index < -0.39 is 0 Å². The van der Waals surface area contributed by atoms with Crippen LogP contribution in [0.25, 0.3) is 0 Å². The molecule has 2 N–H and O–H groups in total. The average Bonchev–Trinajstić information content (AvgIpc) is 2.41. The van der Waals surface area contributed by atoms with Crippen molar-refractivity contribution in [3.8, 4) is 0 Å². The Hall–Kier alpha value is -1.20. The van der Waals surface area contributed by atoms with E-state index in [2.05, 4.69) is 26.6 Å². The number of hydrogen-bond donors (Lipinski definition) is 2. The van der Waals surface area contributed by atoms with E-state index in [0.717, 1.165) is 26.9 Å². The summed E-state index contributed by atoms with van der Waals surface area (Å²) in [6.07, 6.45) is 0.818. The van der Waals surface area contributed by atoms with E-state index in [-0.39, 0.29) is 17.7 Å². The second-order valence-electron chi connectivity index (χ2n) is 5.36. The highest BCUT2D eigenvalue weighted by Crippen LogP contribution is 2.30. The van der Waals surface area contributed by atoms with Crippen molar-refractivity contribution in [1.29, 1.82) is 0 Å². The molecule has 0 radical (unpaired) electrons.